The zero-order chi connectivity index (χ0) is 11.7. The van der Waals surface area contributed by atoms with Crippen molar-refractivity contribution >= 4 is 22.9 Å². The smallest absolute Gasteiger partial charge is 0.100 e. The molecule has 0 aliphatic carbocycles. The number of halogens is 1. The van der Waals surface area contributed by atoms with Gasteiger partial charge in [0.15, 0.2) is 0 Å². The van der Waals surface area contributed by atoms with Gasteiger partial charge in [0.2, 0.25) is 0 Å². The Kier molecular flexibility index (Phi) is 3.25. The van der Waals surface area contributed by atoms with Gasteiger partial charge in [-0.05, 0) is 17.9 Å². The molecule has 2 heterocycles. The second-order valence-corrected chi connectivity index (χ2v) is 4.77. The molecule has 2 aromatic rings. The maximum Gasteiger partial charge on any atom is 0.100 e. The number of aryl methyl sites for hydroxylation is 2. The minimum Gasteiger partial charge on any atom is -0.270 e. The van der Waals surface area contributed by atoms with Crippen LogP contribution in [0.15, 0.2) is 11.6 Å². The summed E-state index contributed by atoms with van der Waals surface area (Å²) in [4.78, 5) is 0.979. The summed E-state index contributed by atoms with van der Waals surface area (Å²) in [6.45, 7) is 1.97. The molecule has 0 aliphatic heterocycles. The Hall–Kier alpha value is -0.950. The van der Waals surface area contributed by atoms with Crippen molar-refractivity contribution in [3.63, 3.8) is 0 Å². The summed E-state index contributed by atoms with van der Waals surface area (Å²) < 4.78 is 1.68. The zero-order valence-corrected chi connectivity index (χ0v) is 10.5. The lowest BCUT2D eigenvalue weighted by Crippen LogP contribution is -2.30. The van der Waals surface area contributed by atoms with Crippen molar-refractivity contribution in [3.05, 3.63) is 32.7 Å². The van der Waals surface area contributed by atoms with Crippen molar-refractivity contribution in [1.29, 1.82) is 0 Å². The van der Waals surface area contributed by atoms with Crippen LogP contribution in [0.5, 0.6) is 0 Å². The van der Waals surface area contributed by atoms with Crippen LogP contribution in [-0.4, -0.2) is 15.0 Å². The second kappa shape index (κ2) is 4.50. The standard InChI is InChI=1S/C9H12ClN5S/c1-5-4-16-9(7(5)10)8(13-11)6-3-12-14-15(6)2/h3-4,8,13H,11H2,1-2H3. The number of hydrogen-bond acceptors (Lipinski definition) is 5. The largest absolute Gasteiger partial charge is 0.270 e. The van der Waals surface area contributed by atoms with E-state index in [1.165, 1.54) is 0 Å². The number of nitrogens with two attached hydrogens (primary N) is 1. The molecule has 0 aromatic carbocycles. The van der Waals surface area contributed by atoms with Gasteiger partial charge in [-0.1, -0.05) is 16.8 Å². The lowest BCUT2D eigenvalue weighted by atomic mass is 10.1. The fourth-order valence-corrected chi connectivity index (χ4v) is 2.87. The molecule has 0 amide bonds. The van der Waals surface area contributed by atoms with Crippen LogP contribution in [0.3, 0.4) is 0 Å². The molecule has 1 unspecified atom stereocenters. The Morgan fingerprint density at radius 2 is 2.38 bits per heavy atom. The molecule has 7 heteroatoms. The molecule has 2 aromatic heterocycles. The summed E-state index contributed by atoms with van der Waals surface area (Å²) in [6.07, 6.45) is 1.68. The monoisotopic (exact) mass is 257 g/mol. The van der Waals surface area contributed by atoms with Gasteiger partial charge in [0.05, 0.1) is 16.9 Å². The predicted molar refractivity (Wildman–Crippen MR) is 64.2 cm³/mol. The van der Waals surface area contributed by atoms with Crippen LogP contribution < -0.4 is 11.3 Å². The number of aromatic nitrogens is 3. The highest BCUT2D eigenvalue weighted by molar-refractivity contribution is 7.10. The SMILES string of the molecule is Cc1csc(C(NN)c2cnnn2C)c1Cl. The highest BCUT2D eigenvalue weighted by atomic mass is 35.5. The van der Waals surface area contributed by atoms with E-state index in [1.807, 2.05) is 19.4 Å². The summed E-state index contributed by atoms with van der Waals surface area (Å²) in [5, 5.41) is 10.5. The number of nitrogens with one attached hydrogen (secondary N) is 1. The summed E-state index contributed by atoms with van der Waals surface area (Å²) in [5.74, 6) is 5.57. The topological polar surface area (TPSA) is 68.8 Å². The first-order valence-electron chi connectivity index (χ1n) is 4.69. The first kappa shape index (κ1) is 11.5. The third kappa shape index (κ3) is 1.84. The van der Waals surface area contributed by atoms with Gasteiger partial charge in [-0.25, -0.2) is 5.43 Å². The number of nitrogens with zero attached hydrogens (tertiary/aromatic N) is 3. The minimum atomic E-state index is -0.175. The van der Waals surface area contributed by atoms with Crippen LogP contribution in [0.2, 0.25) is 5.02 Å². The molecular weight excluding hydrogens is 246 g/mol. The Balaban J connectivity index is 2.45. The molecule has 0 fully saturated rings. The summed E-state index contributed by atoms with van der Waals surface area (Å²) in [5.41, 5.74) is 4.67. The van der Waals surface area contributed by atoms with Gasteiger partial charge in [-0.2, -0.15) is 0 Å². The van der Waals surface area contributed by atoms with Crippen LogP contribution >= 0.6 is 22.9 Å². The van der Waals surface area contributed by atoms with Gasteiger partial charge in [0.1, 0.15) is 6.04 Å². The maximum absolute atomic E-state index is 6.22. The molecule has 1 atom stereocenters. The van der Waals surface area contributed by atoms with Crippen molar-refractivity contribution in [2.75, 3.05) is 0 Å². The lowest BCUT2D eigenvalue weighted by molar-refractivity contribution is 0.576. The number of hydrogen-bond donors (Lipinski definition) is 2. The molecule has 16 heavy (non-hydrogen) atoms. The molecule has 0 spiro atoms. The Morgan fingerprint density at radius 3 is 2.81 bits per heavy atom. The fourth-order valence-electron chi connectivity index (χ4n) is 1.50. The van der Waals surface area contributed by atoms with Gasteiger partial charge in [-0.15, -0.1) is 16.4 Å². The van der Waals surface area contributed by atoms with Crippen LogP contribution in [-0.2, 0) is 7.05 Å². The van der Waals surface area contributed by atoms with E-state index in [1.54, 1.807) is 22.2 Å². The van der Waals surface area contributed by atoms with E-state index in [-0.39, 0.29) is 6.04 Å². The highest BCUT2D eigenvalue weighted by Gasteiger charge is 2.21. The summed E-state index contributed by atoms with van der Waals surface area (Å²) in [6, 6.07) is -0.175. The first-order valence-corrected chi connectivity index (χ1v) is 5.95. The molecular formula is C9H12ClN5S. The molecule has 5 nitrogen and oxygen atoms in total. The van der Waals surface area contributed by atoms with Crippen molar-refractivity contribution < 1.29 is 0 Å². The van der Waals surface area contributed by atoms with Crippen LogP contribution in [0.1, 0.15) is 22.2 Å². The molecule has 0 saturated carbocycles. The van der Waals surface area contributed by atoms with E-state index in [2.05, 4.69) is 15.7 Å². The van der Waals surface area contributed by atoms with Crippen molar-refractivity contribution in [2.45, 2.75) is 13.0 Å². The fraction of sp³-hybridized carbons (Fsp3) is 0.333. The zero-order valence-electron chi connectivity index (χ0n) is 8.94. The summed E-state index contributed by atoms with van der Waals surface area (Å²) in [7, 11) is 1.82. The number of hydrazine groups is 1. The van der Waals surface area contributed by atoms with Gasteiger partial charge < -0.3 is 0 Å². The molecule has 2 rings (SSSR count). The van der Waals surface area contributed by atoms with Crippen molar-refractivity contribution in [1.82, 2.24) is 20.4 Å². The third-order valence-electron chi connectivity index (χ3n) is 2.40. The highest BCUT2D eigenvalue weighted by Crippen LogP contribution is 2.34. The third-order valence-corrected chi connectivity index (χ3v) is 4.18. The lowest BCUT2D eigenvalue weighted by Gasteiger charge is -2.14. The Bertz CT molecular complexity index is 492. The number of thiophene rings is 1. The first-order chi connectivity index (χ1) is 7.65. The van der Waals surface area contributed by atoms with Gasteiger partial charge in [0, 0.05) is 11.9 Å². The van der Waals surface area contributed by atoms with E-state index >= 15 is 0 Å². The average molecular weight is 258 g/mol. The molecule has 86 valence electrons. The normalized spacial score (nSPS) is 13.0. The predicted octanol–water partition coefficient (Wildman–Crippen LogP) is 1.39. The van der Waals surface area contributed by atoms with E-state index in [4.69, 9.17) is 17.4 Å². The van der Waals surface area contributed by atoms with E-state index < -0.39 is 0 Å². The van der Waals surface area contributed by atoms with Crippen molar-refractivity contribution in [2.24, 2.45) is 12.9 Å². The van der Waals surface area contributed by atoms with E-state index in [0.29, 0.717) is 0 Å². The van der Waals surface area contributed by atoms with Crippen LogP contribution in [0.25, 0.3) is 0 Å². The van der Waals surface area contributed by atoms with Gasteiger partial charge in [0.25, 0.3) is 0 Å². The number of rotatable bonds is 3. The Morgan fingerprint density at radius 1 is 1.62 bits per heavy atom. The second-order valence-electron chi connectivity index (χ2n) is 3.48. The quantitative estimate of drug-likeness (QED) is 0.644. The molecule has 0 bridgehead atoms. The van der Waals surface area contributed by atoms with E-state index in [9.17, 15) is 0 Å². The maximum atomic E-state index is 6.22. The molecule has 0 saturated heterocycles. The van der Waals surface area contributed by atoms with Gasteiger partial charge in [-0.3, -0.25) is 10.5 Å². The minimum absolute atomic E-state index is 0.175. The molecule has 3 N–H and O–H groups in total. The molecule has 0 aliphatic rings. The van der Waals surface area contributed by atoms with Crippen molar-refractivity contribution in [3.8, 4) is 0 Å². The summed E-state index contributed by atoms with van der Waals surface area (Å²) >= 11 is 7.79. The molecule has 0 radical (unpaired) electrons. The van der Waals surface area contributed by atoms with Crippen LogP contribution in [0.4, 0.5) is 0 Å². The Labute approximate surface area is 102 Å². The van der Waals surface area contributed by atoms with Gasteiger partial charge >= 0.3 is 0 Å². The van der Waals surface area contributed by atoms with Crippen LogP contribution in [0, 0.1) is 6.92 Å². The average Bonchev–Trinajstić information content (AvgIpc) is 2.81. The van der Waals surface area contributed by atoms with E-state index in [0.717, 1.165) is 21.2 Å².